The van der Waals surface area contributed by atoms with Crippen LogP contribution in [0.2, 0.25) is 0 Å². The van der Waals surface area contributed by atoms with E-state index >= 15 is 0 Å². The molecule has 1 heterocycles. The first-order valence-corrected chi connectivity index (χ1v) is 4.23. The van der Waals surface area contributed by atoms with E-state index in [9.17, 15) is 0 Å². The van der Waals surface area contributed by atoms with Crippen molar-refractivity contribution >= 4 is 16.3 Å². The summed E-state index contributed by atoms with van der Waals surface area (Å²) in [5.74, 6) is 0. The van der Waals surface area contributed by atoms with E-state index in [1.165, 1.54) is 11.3 Å². The van der Waals surface area contributed by atoms with Crippen LogP contribution in [0.3, 0.4) is 0 Å². The minimum atomic E-state index is 0.647. The smallest absolute Gasteiger partial charge is 0.0902 e. The molecule has 4 heteroatoms. The van der Waals surface area contributed by atoms with E-state index in [0.29, 0.717) is 5.00 Å². The fraction of sp³-hybridized carbons (Fsp3) is 0. The summed E-state index contributed by atoms with van der Waals surface area (Å²) in [5.41, 5.74) is 8.19. The van der Waals surface area contributed by atoms with Crippen LogP contribution >= 0.6 is 11.3 Å². The molecule has 1 rings (SSSR count). The third-order valence-electron chi connectivity index (χ3n) is 1.09. The molecule has 60 valence electrons. The van der Waals surface area contributed by atoms with Crippen molar-refractivity contribution in [1.29, 1.82) is 0 Å². The second-order valence-corrected chi connectivity index (χ2v) is 2.84. The van der Waals surface area contributed by atoms with E-state index in [0.717, 1.165) is 0 Å². The summed E-state index contributed by atoms with van der Waals surface area (Å²) in [7, 11) is 0. The normalized spacial score (nSPS) is 8.00. The van der Waals surface area contributed by atoms with Gasteiger partial charge in [0.25, 0.3) is 0 Å². The molecule has 0 radical (unpaired) electrons. The number of hydrogen-bond donors (Lipinski definition) is 0. The Balaban J connectivity index is 3.18. The fourth-order valence-electron chi connectivity index (χ4n) is 0.625. The summed E-state index contributed by atoms with van der Waals surface area (Å²) < 4.78 is 0. The lowest BCUT2D eigenvalue weighted by molar-refractivity contribution is 1.56. The SMILES string of the molecule is [N-]=[N+]=Nc1cccccccs1. The maximum Gasteiger partial charge on any atom is 0.0902 e. The fourth-order valence-corrected chi connectivity index (χ4v) is 1.17. The quantitative estimate of drug-likeness (QED) is 0.356. The first kappa shape index (κ1) is 8.59. The van der Waals surface area contributed by atoms with Crippen LogP contribution in [0.1, 0.15) is 0 Å². The molecule has 0 fully saturated rings. The Morgan fingerprint density at radius 1 is 1.17 bits per heavy atom. The highest BCUT2D eigenvalue weighted by atomic mass is 32.1. The van der Waals surface area contributed by atoms with Gasteiger partial charge in [0.2, 0.25) is 0 Å². The second-order valence-electron chi connectivity index (χ2n) is 1.91. The molecule has 0 spiro atoms. The van der Waals surface area contributed by atoms with Crippen LogP contribution in [0.25, 0.3) is 10.4 Å². The summed E-state index contributed by atoms with van der Waals surface area (Å²) in [6, 6.07) is 11.2. The maximum atomic E-state index is 8.19. The monoisotopic (exact) mass is 177 g/mol. The van der Waals surface area contributed by atoms with Gasteiger partial charge in [-0.3, -0.25) is 0 Å². The number of nitrogens with zero attached hydrogens (tertiary/aromatic N) is 3. The van der Waals surface area contributed by atoms with Gasteiger partial charge in [0.15, 0.2) is 0 Å². The van der Waals surface area contributed by atoms with Crippen LogP contribution in [0, 0.1) is 0 Å². The second kappa shape index (κ2) is 5.18. The van der Waals surface area contributed by atoms with Gasteiger partial charge < -0.3 is 0 Å². The van der Waals surface area contributed by atoms with Gasteiger partial charge in [-0.25, -0.2) is 0 Å². The Kier molecular flexibility index (Phi) is 3.71. The standard InChI is InChI=1S/C8H7N3S/c9-11-10-8-6-4-2-1-3-5-7-12-8/h1-7H. The summed E-state index contributed by atoms with van der Waals surface area (Å²) in [5, 5.41) is 6.01. The Morgan fingerprint density at radius 2 is 1.92 bits per heavy atom. The molecule has 12 heavy (non-hydrogen) atoms. The molecule has 0 aliphatic rings. The number of hydrogen-bond acceptors (Lipinski definition) is 2. The van der Waals surface area contributed by atoms with Crippen LogP contribution in [0.15, 0.2) is 46.9 Å². The minimum Gasteiger partial charge on any atom is -0.142 e. The number of azide groups is 1. The van der Waals surface area contributed by atoms with Gasteiger partial charge in [-0.1, -0.05) is 35.4 Å². The largest absolute Gasteiger partial charge is 0.142 e. The lowest BCUT2D eigenvalue weighted by Gasteiger charge is -1.77. The molecule has 0 aliphatic carbocycles. The molecule has 1 aromatic heterocycles. The van der Waals surface area contributed by atoms with Gasteiger partial charge >= 0.3 is 0 Å². The van der Waals surface area contributed by atoms with Gasteiger partial charge in [-0.15, -0.1) is 11.3 Å². The molecule has 3 nitrogen and oxygen atoms in total. The van der Waals surface area contributed by atoms with Crippen molar-refractivity contribution in [3.05, 3.63) is 52.2 Å². The first-order valence-electron chi connectivity index (χ1n) is 3.35. The van der Waals surface area contributed by atoms with Crippen LogP contribution in [0.5, 0.6) is 0 Å². The lowest BCUT2D eigenvalue weighted by atomic mass is 10.5. The Bertz CT molecular complexity index is 314. The van der Waals surface area contributed by atoms with Crippen LogP contribution in [-0.4, -0.2) is 0 Å². The zero-order valence-electron chi connectivity index (χ0n) is 6.29. The minimum absolute atomic E-state index is 0.647. The van der Waals surface area contributed by atoms with Crippen LogP contribution < -0.4 is 0 Å². The van der Waals surface area contributed by atoms with E-state index in [1.807, 2.05) is 35.7 Å². The predicted molar refractivity (Wildman–Crippen MR) is 50.8 cm³/mol. The molecular weight excluding hydrogens is 170 g/mol. The van der Waals surface area contributed by atoms with Gasteiger partial charge in [0, 0.05) is 4.91 Å². The van der Waals surface area contributed by atoms with E-state index < -0.39 is 0 Å². The van der Waals surface area contributed by atoms with E-state index in [2.05, 4.69) is 10.0 Å². The van der Waals surface area contributed by atoms with Crippen molar-refractivity contribution in [2.45, 2.75) is 0 Å². The molecule has 0 saturated carbocycles. The van der Waals surface area contributed by atoms with E-state index in [1.54, 1.807) is 6.07 Å². The van der Waals surface area contributed by atoms with Crippen LogP contribution in [-0.2, 0) is 0 Å². The van der Waals surface area contributed by atoms with Gasteiger partial charge in [0.05, 0.1) is 5.00 Å². The Labute approximate surface area is 74.2 Å². The van der Waals surface area contributed by atoms with E-state index in [-0.39, 0.29) is 0 Å². The molecule has 1 aromatic rings. The van der Waals surface area contributed by atoms with Crippen molar-refractivity contribution in [2.75, 3.05) is 0 Å². The highest BCUT2D eigenvalue weighted by Crippen LogP contribution is 2.14. The zero-order chi connectivity index (χ0) is 8.65. The van der Waals surface area contributed by atoms with Gasteiger partial charge in [-0.2, -0.15) is 0 Å². The molecule has 0 N–H and O–H groups in total. The topological polar surface area (TPSA) is 48.8 Å². The van der Waals surface area contributed by atoms with Crippen molar-refractivity contribution < 1.29 is 0 Å². The highest BCUT2D eigenvalue weighted by Gasteiger charge is 1.78. The molecule has 0 amide bonds. The Hall–Kier alpha value is -1.51. The summed E-state index contributed by atoms with van der Waals surface area (Å²) in [6.07, 6.45) is 0. The van der Waals surface area contributed by atoms with Crippen molar-refractivity contribution in [2.24, 2.45) is 5.11 Å². The van der Waals surface area contributed by atoms with Gasteiger partial charge in [-0.05, 0) is 17.0 Å². The molecular formula is C8H7N3S. The zero-order valence-corrected chi connectivity index (χ0v) is 7.11. The van der Waals surface area contributed by atoms with Gasteiger partial charge in [0.1, 0.15) is 0 Å². The van der Waals surface area contributed by atoms with Crippen molar-refractivity contribution in [1.82, 2.24) is 0 Å². The molecule has 0 aromatic carbocycles. The average Bonchev–Trinajstić information content (AvgIpc) is 2.19. The third kappa shape index (κ3) is 3.05. The third-order valence-corrected chi connectivity index (χ3v) is 1.85. The molecule has 0 aliphatic heterocycles. The number of rotatable bonds is 1. The lowest BCUT2D eigenvalue weighted by Crippen LogP contribution is -1.45. The van der Waals surface area contributed by atoms with Crippen LogP contribution in [0.4, 0.5) is 5.00 Å². The molecule has 0 unspecified atom stereocenters. The molecule has 0 atom stereocenters. The highest BCUT2D eigenvalue weighted by molar-refractivity contribution is 7.13. The summed E-state index contributed by atoms with van der Waals surface area (Å²) in [6.45, 7) is 0. The summed E-state index contributed by atoms with van der Waals surface area (Å²) in [4.78, 5) is 2.71. The molecule has 0 bridgehead atoms. The maximum absolute atomic E-state index is 8.19. The summed E-state index contributed by atoms with van der Waals surface area (Å²) >= 11 is 1.39. The predicted octanol–water partition coefficient (Wildman–Crippen LogP) is 3.81. The first-order chi connectivity index (χ1) is 5.93. The van der Waals surface area contributed by atoms with Crippen molar-refractivity contribution in [3.63, 3.8) is 0 Å². The van der Waals surface area contributed by atoms with E-state index in [4.69, 9.17) is 5.53 Å². The van der Waals surface area contributed by atoms with Crippen molar-refractivity contribution in [3.8, 4) is 0 Å². The molecule has 0 saturated heterocycles. The Morgan fingerprint density at radius 3 is 2.75 bits per heavy atom. The average molecular weight is 177 g/mol.